The maximum Gasteiger partial charge on any atom is 0.251 e. The van der Waals surface area contributed by atoms with Crippen molar-refractivity contribution in [1.29, 1.82) is 0 Å². The number of amides is 1. The van der Waals surface area contributed by atoms with Crippen LogP contribution >= 0.6 is 0 Å². The van der Waals surface area contributed by atoms with Crippen LogP contribution in [0.15, 0.2) is 42.6 Å². The Morgan fingerprint density at radius 1 is 1.27 bits per heavy atom. The summed E-state index contributed by atoms with van der Waals surface area (Å²) >= 11 is 0. The Bertz CT molecular complexity index is 629. The van der Waals surface area contributed by atoms with Crippen molar-refractivity contribution in [2.45, 2.75) is 13.3 Å². The number of nitrogens with one attached hydrogen (secondary N) is 2. The molecule has 0 unspecified atom stereocenters. The lowest BCUT2D eigenvalue weighted by Crippen LogP contribution is -2.27. The van der Waals surface area contributed by atoms with E-state index in [2.05, 4.69) is 28.6 Å². The van der Waals surface area contributed by atoms with Gasteiger partial charge in [-0.05, 0) is 30.2 Å². The highest BCUT2D eigenvalue weighted by molar-refractivity contribution is 5.94. The molecule has 0 saturated carbocycles. The summed E-state index contributed by atoms with van der Waals surface area (Å²) in [6, 6.07) is 11.5. The number of ether oxygens (including phenoxy) is 1. The van der Waals surface area contributed by atoms with Crippen LogP contribution in [0, 0.1) is 0 Å². The first-order valence-corrected chi connectivity index (χ1v) is 7.32. The lowest BCUT2D eigenvalue weighted by molar-refractivity contribution is 0.0937. The van der Waals surface area contributed by atoms with Crippen LogP contribution in [-0.2, 0) is 11.2 Å². The van der Waals surface area contributed by atoms with Crippen LogP contribution in [0.1, 0.15) is 22.8 Å². The van der Waals surface area contributed by atoms with Crippen molar-refractivity contribution in [1.82, 2.24) is 10.3 Å². The van der Waals surface area contributed by atoms with E-state index >= 15 is 0 Å². The SMILES string of the molecule is CCc1ccccc1Nc1cc(C(=O)NCCOC)ccn1. The third-order valence-corrected chi connectivity index (χ3v) is 3.27. The molecule has 5 nitrogen and oxygen atoms in total. The first-order chi connectivity index (χ1) is 10.7. The van der Waals surface area contributed by atoms with E-state index in [-0.39, 0.29) is 5.91 Å². The Morgan fingerprint density at radius 2 is 2.09 bits per heavy atom. The molecule has 2 rings (SSSR count). The van der Waals surface area contributed by atoms with Gasteiger partial charge in [-0.2, -0.15) is 0 Å². The molecule has 116 valence electrons. The van der Waals surface area contributed by atoms with Crippen LogP contribution in [0.3, 0.4) is 0 Å². The van der Waals surface area contributed by atoms with E-state index in [0.29, 0.717) is 24.5 Å². The van der Waals surface area contributed by atoms with Crippen molar-refractivity contribution in [2.24, 2.45) is 0 Å². The molecule has 22 heavy (non-hydrogen) atoms. The summed E-state index contributed by atoms with van der Waals surface area (Å²) in [6.45, 7) is 3.08. The van der Waals surface area contributed by atoms with Gasteiger partial charge in [0.05, 0.1) is 6.61 Å². The molecule has 0 aliphatic carbocycles. The smallest absolute Gasteiger partial charge is 0.251 e. The average Bonchev–Trinajstić information content (AvgIpc) is 2.56. The van der Waals surface area contributed by atoms with E-state index in [1.54, 1.807) is 25.4 Å². The molecule has 5 heteroatoms. The van der Waals surface area contributed by atoms with Crippen molar-refractivity contribution in [3.05, 3.63) is 53.7 Å². The van der Waals surface area contributed by atoms with E-state index in [1.165, 1.54) is 5.56 Å². The summed E-state index contributed by atoms with van der Waals surface area (Å²) in [7, 11) is 1.60. The second kappa shape index (κ2) is 8.14. The molecule has 1 aromatic heterocycles. The zero-order chi connectivity index (χ0) is 15.8. The first kappa shape index (κ1) is 16.0. The fourth-order valence-corrected chi connectivity index (χ4v) is 2.10. The highest BCUT2D eigenvalue weighted by Crippen LogP contribution is 2.20. The molecular formula is C17H21N3O2. The number of hydrogen-bond acceptors (Lipinski definition) is 4. The molecule has 0 aliphatic heterocycles. The number of nitrogens with zero attached hydrogens (tertiary/aromatic N) is 1. The summed E-state index contributed by atoms with van der Waals surface area (Å²) in [5, 5.41) is 6.06. The zero-order valence-electron chi connectivity index (χ0n) is 12.9. The fourth-order valence-electron chi connectivity index (χ4n) is 2.10. The number of carbonyl (C=O) groups is 1. The predicted molar refractivity (Wildman–Crippen MR) is 87.5 cm³/mol. The molecule has 1 aromatic carbocycles. The number of pyridine rings is 1. The lowest BCUT2D eigenvalue weighted by atomic mass is 10.1. The number of methoxy groups -OCH3 is 1. The van der Waals surface area contributed by atoms with Gasteiger partial charge in [-0.15, -0.1) is 0 Å². The summed E-state index contributed by atoms with van der Waals surface area (Å²) in [5.41, 5.74) is 2.79. The molecular weight excluding hydrogens is 278 g/mol. The second-order valence-corrected chi connectivity index (χ2v) is 4.81. The molecule has 0 bridgehead atoms. The minimum absolute atomic E-state index is 0.133. The monoisotopic (exact) mass is 299 g/mol. The zero-order valence-corrected chi connectivity index (χ0v) is 12.9. The van der Waals surface area contributed by atoms with E-state index in [1.807, 2.05) is 18.2 Å². The molecule has 0 spiro atoms. The van der Waals surface area contributed by atoms with Crippen LogP contribution in [0.5, 0.6) is 0 Å². The molecule has 0 aliphatic rings. The number of anilines is 2. The Balaban J connectivity index is 2.09. The van der Waals surface area contributed by atoms with E-state index in [9.17, 15) is 4.79 Å². The molecule has 0 radical (unpaired) electrons. The molecule has 1 amide bonds. The van der Waals surface area contributed by atoms with Crippen LogP contribution in [0.25, 0.3) is 0 Å². The van der Waals surface area contributed by atoms with Gasteiger partial charge in [0.25, 0.3) is 5.91 Å². The van der Waals surface area contributed by atoms with Crippen LogP contribution < -0.4 is 10.6 Å². The summed E-state index contributed by atoms with van der Waals surface area (Å²) in [5.74, 6) is 0.520. The van der Waals surface area contributed by atoms with E-state index in [4.69, 9.17) is 4.74 Å². The highest BCUT2D eigenvalue weighted by atomic mass is 16.5. The number of hydrogen-bond donors (Lipinski definition) is 2. The summed E-state index contributed by atoms with van der Waals surface area (Å²) < 4.78 is 4.92. The number of benzene rings is 1. The number of para-hydroxylation sites is 1. The van der Waals surface area contributed by atoms with E-state index in [0.717, 1.165) is 12.1 Å². The third-order valence-electron chi connectivity index (χ3n) is 3.27. The van der Waals surface area contributed by atoms with Gasteiger partial charge < -0.3 is 15.4 Å². The van der Waals surface area contributed by atoms with E-state index < -0.39 is 0 Å². The molecule has 0 atom stereocenters. The summed E-state index contributed by atoms with van der Waals surface area (Å²) in [4.78, 5) is 16.3. The normalized spacial score (nSPS) is 10.3. The Labute approximate surface area is 130 Å². The predicted octanol–water partition coefficient (Wildman–Crippen LogP) is 2.76. The van der Waals surface area contributed by atoms with Gasteiger partial charge in [0.1, 0.15) is 5.82 Å². The topological polar surface area (TPSA) is 63.2 Å². The molecule has 2 aromatic rings. The summed E-state index contributed by atoms with van der Waals surface area (Å²) in [6.07, 6.45) is 2.56. The van der Waals surface area contributed by atoms with Gasteiger partial charge in [0, 0.05) is 31.1 Å². The van der Waals surface area contributed by atoms with Crippen molar-refractivity contribution < 1.29 is 9.53 Å². The minimum atomic E-state index is -0.133. The van der Waals surface area contributed by atoms with Crippen molar-refractivity contribution in [3.8, 4) is 0 Å². The van der Waals surface area contributed by atoms with Crippen molar-refractivity contribution in [3.63, 3.8) is 0 Å². The Hall–Kier alpha value is -2.40. The largest absolute Gasteiger partial charge is 0.383 e. The first-order valence-electron chi connectivity index (χ1n) is 7.32. The Morgan fingerprint density at radius 3 is 2.86 bits per heavy atom. The van der Waals surface area contributed by atoms with Gasteiger partial charge in [-0.3, -0.25) is 4.79 Å². The number of aromatic nitrogens is 1. The van der Waals surface area contributed by atoms with Crippen molar-refractivity contribution in [2.75, 3.05) is 25.6 Å². The highest BCUT2D eigenvalue weighted by Gasteiger charge is 2.07. The lowest BCUT2D eigenvalue weighted by Gasteiger charge is -2.11. The molecule has 2 N–H and O–H groups in total. The van der Waals surface area contributed by atoms with Gasteiger partial charge in [0.15, 0.2) is 0 Å². The van der Waals surface area contributed by atoms with Gasteiger partial charge >= 0.3 is 0 Å². The average molecular weight is 299 g/mol. The molecule has 1 heterocycles. The number of rotatable bonds is 7. The third kappa shape index (κ3) is 4.30. The van der Waals surface area contributed by atoms with Crippen molar-refractivity contribution >= 4 is 17.4 Å². The van der Waals surface area contributed by atoms with Gasteiger partial charge in [0.2, 0.25) is 0 Å². The van der Waals surface area contributed by atoms with Crippen LogP contribution in [-0.4, -0.2) is 31.2 Å². The van der Waals surface area contributed by atoms with Gasteiger partial charge in [-0.1, -0.05) is 25.1 Å². The maximum absolute atomic E-state index is 12.0. The molecule has 0 saturated heterocycles. The maximum atomic E-state index is 12.0. The standard InChI is InChI=1S/C17H21N3O2/c1-3-13-6-4-5-7-15(13)20-16-12-14(8-9-18-16)17(21)19-10-11-22-2/h4-9,12H,3,10-11H2,1-2H3,(H,18,20)(H,19,21). The second-order valence-electron chi connectivity index (χ2n) is 4.81. The molecule has 0 fully saturated rings. The fraction of sp³-hybridized carbons (Fsp3) is 0.294. The van der Waals surface area contributed by atoms with Gasteiger partial charge in [-0.25, -0.2) is 4.98 Å². The quantitative estimate of drug-likeness (QED) is 0.772. The number of aryl methyl sites for hydroxylation is 1. The number of carbonyl (C=O) groups excluding carboxylic acids is 1. The minimum Gasteiger partial charge on any atom is -0.383 e. The van der Waals surface area contributed by atoms with Crippen LogP contribution in [0.2, 0.25) is 0 Å². The Kier molecular flexibility index (Phi) is 5.91. The van der Waals surface area contributed by atoms with Crippen LogP contribution in [0.4, 0.5) is 11.5 Å².